The molecule has 1 aliphatic rings. The van der Waals surface area contributed by atoms with Gasteiger partial charge in [-0.2, -0.15) is 0 Å². The number of allylic oxidation sites excluding steroid dienone is 1. The van der Waals surface area contributed by atoms with E-state index in [-0.39, 0.29) is 0 Å². The largest absolute Gasteiger partial charge is 0.288 e. The summed E-state index contributed by atoms with van der Waals surface area (Å²) in [6, 6.07) is 9.92. The number of rotatable bonds is 2. The molecule has 4 nitrogen and oxygen atoms in total. The summed E-state index contributed by atoms with van der Waals surface area (Å²) in [7, 11) is 0. The zero-order valence-electron chi connectivity index (χ0n) is 10.0. The van der Waals surface area contributed by atoms with Crippen LogP contribution in [0.2, 0.25) is 0 Å². The summed E-state index contributed by atoms with van der Waals surface area (Å²) < 4.78 is 0. The Labute approximate surface area is 105 Å². The third-order valence-electron chi connectivity index (χ3n) is 2.68. The van der Waals surface area contributed by atoms with Crippen molar-refractivity contribution >= 4 is 11.8 Å². The van der Waals surface area contributed by atoms with Crippen LogP contribution in [0.5, 0.6) is 0 Å². The lowest BCUT2D eigenvalue weighted by atomic mass is 10.2. The van der Waals surface area contributed by atoms with Crippen molar-refractivity contribution in [2.24, 2.45) is 4.99 Å². The number of aliphatic imine (C=N–C) groups is 1. The zero-order valence-corrected chi connectivity index (χ0v) is 10.0. The molecule has 1 aromatic carbocycles. The van der Waals surface area contributed by atoms with Crippen molar-refractivity contribution in [3.8, 4) is 11.4 Å². The quantitative estimate of drug-likeness (QED) is 0.804. The van der Waals surface area contributed by atoms with E-state index in [4.69, 9.17) is 0 Å². The van der Waals surface area contributed by atoms with Crippen molar-refractivity contribution in [2.75, 3.05) is 6.54 Å². The highest BCUT2D eigenvalue weighted by atomic mass is 15.0. The van der Waals surface area contributed by atoms with E-state index in [1.807, 2.05) is 49.5 Å². The second kappa shape index (κ2) is 4.49. The van der Waals surface area contributed by atoms with Gasteiger partial charge < -0.3 is 0 Å². The molecule has 18 heavy (non-hydrogen) atoms. The predicted molar refractivity (Wildman–Crippen MR) is 71.3 cm³/mol. The van der Waals surface area contributed by atoms with Crippen LogP contribution >= 0.6 is 0 Å². The predicted octanol–water partition coefficient (Wildman–Crippen LogP) is 2.31. The van der Waals surface area contributed by atoms with E-state index in [9.17, 15) is 0 Å². The van der Waals surface area contributed by atoms with Crippen molar-refractivity contribution in [3.63, 3.8) is 0 Å². The summed E-state index contributed by atoms with van der Waals surface area (Å²) in [6.45, 7) is 2.59. The molecular weight excluding hydrogens is 224 g/mol. The average molecular weight is 236 g/mol. The maximum Gasteiger partial charge on any atom is 0.164 e. The molecule has 3 rings (SSSR count). The molecule has 0 unspecified atom stereocenters. The first kappa shape index (κ1) is 10.8. The van der Waals surface area contributed by atoms with E-state index in [0.717, 1.165) is 17.0 Å². The number of hydrogen-bond donors (Lipinski definition) is 0. The molecule has 1 aliphatic heterocycles. The SMILES string of the molecule is Cc1nc(C2=CCN=C2)nc(-c2ccccc2)n1. The van der Waals surface area contributed by atoms with Crippen LogP contribution in [-0.4, -0.2) is 27.7 Å². The summed E-state index contributed by atoms with van der Waals surface area (Å²) in [5, 5.41) is 0. The van der Waals surface area contributed by atoms with Gasteiger partial charge in [-0.3, -0.25) is 4.99 Å². The van der Waals surface area contributed by atoms with Gasteiger partial charge in [0.1, 0.15) is 5.82 Å². The van der Waals surface area contributed by atoms with Gasteiger partial charge in [-0.25, -0.2) is 15.0 Å². The fourth-order valence-electron chi connectivity index (χ4n) is 1.83. The average Bonchev–Trinajstić information content (AvgIpc) is 2.93. The van der Waals surface area contributed by atoms with Gasteiger partial charge in [0.15, 0.2) is 11.6 Å². The van der Waals surface area contributed by atoms with Crippen LogP contribution in [0.15, 0.2) is 41.4 Å². The summed E-state index contributed by atoms with van der Waals surface area (Å²) in [6.07, 6.45) is 3.83. The van der Waals surface area contributed by atoms with Gasteiger partial charge in [-0.1, -0.05) is 36.4 Å². The number of aromatic nitrogens is 3. The van der Waals surface area contributed by atoms with Crippen LogP contribution < -0.4 is 0 Å². The molecule has 0 fully saturated rings. The standard InChI is InChI=1S/C14H12N4/c1-10-16-13(11-5-3-2-4-6-11)18-14(17-10)12-7-8-15-9-12/h2-7,9H,8H2,1H3. The van der Waals surface area contributed by atoms with E-state index in [1.165, 1.54) is 0 Å². The molecule has 0 N–H and O–H groups in total. The van der Waals surface area contributed by atoms with Gasteiger partial charge in [-0.15, -0.1) is 0 Å². The molecule has 2 heterocycles. The van der Waals surface area contributed by atoms with Gasteiger partial charge >= 0.3 is 0 Å². The van der Waals surface area contributed by atoms with Crippen LogP contribution in [0.4, 0.5) is 0 Å². The molecule has 2 aromatic rings. The first-order chi connectivity index (χ1) is 8.83. The monoisotopic (exact) mass is 236 g/mol. The summed E-state index contributed by atoms with van der Waals surface area (Å²) >= 11 is 0. The van der Waals surface area contributed by atoms with Crippen molar-refractivity contribution in [1.29, 1.82) is 0 Å². The topological polar surface area (TPSA) is 51.0 Å². The van der Waals surface area contributed by atoms with E-state index in [1.54, 1.807) is 0 Å². The number of nitrogens with zero attached hydrogens (tertiary/aromatic N) is 4. The highest BCUT2D eigenvalue weighted by Gasteiger charge is 2.10. The van der Waals surface area contributed by atoms with Crippen molar-refractivity contribution in [2.45, 2.75) is 6.92 Å². The first-order valence-electron chi connectivity index (χ1n) is 5.81. The number of aryl methyl sites for hydroxylation is 1. The lowest BCUT2D eigenvalue weighted by Gasteiger charge is -2.04. The third kappa shape index (κ3) is 2.05. The maximum atomic E-state index is 4.50. The molecule has 0 saturated heterocycles. The Hall–Kier alpha value is -2.36. The molecule has 0 amide bonds. The fraction of sp³-hybridized carbons (Fsp3) is 0.143. The van der Waals surface area contributed by atoms with E-state index in [2.05, 4.69) is 19.9 Å². The van der Waals surface area contributed by atoms with Crippen LogP contribution in [-0.2, 0) is 0 Å². The van der Waals surface area contributed by atoms with Crippen LogP contribution in [0.3, 0.4) is 0 Å². The Kier molecular flexibility index (Phi) is 2.68. The summed E-state index contributed by atoms with van der Waals surface area (Å²) in [5.41, 5.74) is 1.97. The van der Waals surface area contributed by atoms with Gasteiger partial charge in [0, 0.05) is 17.4 Å². The molecule has 0 saturated carbocycles. The lowest BCUT2D eigenvalue weighted by molar-refractivity contribution is 0.965. The highest BCUT2D eigenvalue weighted by Crippen LogP contribution is 2.17. The Morgan fingerprint density at radius 3 is 2.44 bits per heavy atom. The summed E-state index contributed by atoms with van der Waals surface area (Å²) in [4.78, 5) is 17.4. The van der Waals surface area contributed by atoms with Crippen molar-refractivity contribution < 1.29 is 0 Å². The molecule has 0 atom stereocenters. The van der Waals surface area contributed by atoms with Crippen LogP contribution in [0.1, 0.15) is 11.6 Å². The Morgan fingerprint density at radius 1 is 0.944 bits per heavy atom. The molecule has 0 spiro atoms. The molecule has 4 heteroatoms. The van der Waals surface area contributed by atoms with E-state index >= 15 is 0 Å². The summed E-state index contributed by atoms with van der Waals surface area (Å²) in [5.74, 6) is 2.13. The van der Waals surface area contributed by atoms with Crippen LogP contribution in [0, 0.1) is 6.92 Å². The van der Waals surface area contributed by atoms with Gasteiger partial charge in [0.2, 0.25) is 0 Å². The smallest absolute Gasteiger partial charge is 0.164 e. The zero-order chi connectivity index (χ0) is 12.4. The number of hydrogen-bond acceptors (Lipinski definition) is 4. The number of benzene rings is 1. The molecular formula is C14H12N4. The second-order valence-electron chi connectivity index (χ2n) is 4.05. The maximum absolute atomic E-state index is 4.50. The highest BCUT2D eigenvalue weighted by molar-refractivity contribution is 6.10. The first-order valence-corrected chi connectivity index (χ1v) is 5.81. The minimum absolute atomic E-state index is 0.697. The Balaban J connectivity index is 2.09. The molecule has 0 radical (unpaired) electrons. The van der Waals surface area contributed by atoms with Gasteiger partial charge in [-0.05, 0) is 6.92 Å². The van der Waals surface area contributed by atoms with Crippen molar-refractivity contribution in [1.82, 2.24) is 15.0 Å². The van der Waals surface area contributed by atoms with Gasteiger partial charge in [0.05, 0.1) is 6.54 Å². The fourth-order valence-corrected chi connectivity index (χ4v) is 1.83. The molecule has 88 valence electrons. The normalized spacial score (nSPS) is 13.7. The van der Waals surface area contributed by atoms with E-state index < -0.39 is 0 Å². The Morgan fingerprint density at radius 2 is 1.72 bits per heavy atom. The molecule has 1 aromatic heterocycles. The lowest BCUT2D eigenvalue weighted by Crippen LogP contribution is -2.02. The second-order valence-corrected chi connectivity index (χ2v) is 4.05. The third-order valence-corrected chi connectivity index (χ3v) is 2.68. The van der Waals surface area contributed by atoms with Gasteiger partial charge in [0.25, 0.3) is 0 Å². The Bertz CT molecular complexity index is 629. The van der Waals surface area contributed by atoms with E-state index in [0.29, 0.717) is 18.2 Å². The minimum Gasteiger partial charge on any atom is -0.288 e. The van der Waals surface area contributed by atoms with Crippen molar-refractivity contribution in [3.05, 3.63) is 48.1 Å². The van der Waals surface area contributed by atoms with Crippen LogP contribution in [0.25, 0.3) is 17.0 Å². The molecule has 0 aliphatic carbocycles. The minimum atomic E-state index is 0.697. The molecule has 0 bridgehead atoms.